The zero-order valence-electron chi connectivity index (χ0n) is 3.92. The van der Waals surface area contributed by atoms with Crippen molar-refractivity contribution in [2.75, 3.05) is 0 Å². The fraction of sp³-hybridized carbons (Fsp3) is 0.250. The quantitative estimate of drug-likeness (QED) is 0.308. The molecule has 0 N–H and O–H groups in total. The van der Waals surface area contributed by atoms with Gasteiger partial charge in [0.25, 0.3) is 0 Å². The summed E-state index contributed by atoms with van der Waals surface area (Å²) < 4.78 is 4.17. The number of carbonyl (C=O) groups excluding carboxylic acids is 1. The van der Waals surface area contributed by atoms with Crippen molar-refractivity contribution in [2.45, 2.75) is 6.92 Å². The Morgan fingerprint density at radius 1 is 1.86 bits per heavy atom. The molecule has 42 valence electrons. The molecule has 0 unspecified atom stereocenters. The zero-order valence-corrected chi connectivity index (χ0v) is 4.90. The summed E-state index contributed by atoms with van der Waals surface area (Å²) in [7, 11) is 0. The van der Waals surface area contributed by atoms with Crippen molar-refractivity contribution in [1.29, 1.82) is 0 Å². The Balaban J connectivity index is 0. The Kier molecular flexibility index (Phi) is 8.03. The molecule has 0 radical (unpaired) electrons. The number of rotatable bonds is 1. The molecule has 2 nitrogen and oxygen atoms in total. The van der Waals surface area contributed by atoms with Crippen LogP contribution in [-0.2, 0) is 26.0 Å². The monoisotopic (exact) mass is 144 g/mol. The number of ether oxygens (including phenoxy) is 1. The molecule has 0 aliphatic heterocycles. The average molecular weight is 145 g/mol. The summed E-state index contributed by atoms with van der Waals surface area (Å²) in [6, 6.07) is 0. The molecule has 0 aliphatic rings. The molecule has 0 saturated carbocycles. The summed E-state index contributed by atoms with van der Waals surface area (Å²) in [5.74, 6) is -0.329. The van der Waals surface area contributed by atoms with E-state index in [-0.39, 0.29) is 22.5 Å². The van der Waals surface area contributed by atoms with Crippen LogP contribution in [0.25, 0.3) is 0 Å². The van der Waals surface area contributed by atoms with Crippen LogP contribution in [0.4, 0.5) is 0 Å². The molecule has 0 bridgehead atoms. The molecule has 0 aromatic carbocycles. The van der Waals surface area contributed by atoms with Gasteiger partial charge in [0.2, 0.25) is 0 Å². The van der Waals surface area contributed by atoms with Crippen LogP contribution < -0.4 is 0 Å². The minimum absolute atomic E-state index is 0. The Morgan fingerprint density at radius 3 is 2.29 bits per heavy atom. The van der Waals surface area contributed by atoms with Crippen LogP contribution in [0.15, 0.2) is 12.8 Å². The SMILES string of the molecule is C=COC(C)=O.[Ni+2]. The molecule has 0 fully saturated rings. The largest absolute Gasteiger partial charge is 2.00 e. The van der Waals surface area contributed by atoms with E-state index < -0.39 is 0 Å². The molecule has 0 atom stereocenters. The second kappa shape index (κ2) is 5.70. The van der Waals surface area contributed by atoms with Crippen molar-refractivity contribution >= 4 is 5.97 Å². The molecule has 0 spiro atoms. The minimum atomic E-state index is -0.329. The molecule has 0 aromatic rings. The topological polar surface area (TPSA) is 26.3 Å². The van der Waals surface area contributed by atoms with Gasteiger partial charge in [-0.1, -0.05) is 6.58 Å². The van der Waals surface area contributed by atoms with Crippen LogP contribution in [-0.4, -0.2) is 5.97 Å². The van der Waals surface area contributed by atoms with E-state index in [1.807, 2.05) is 0 Å². The molecule has 7 heavy (non-hydrogen) atoms. The van der Waals surface area contributed by atoms with Gasteiger partial charge in [-0.15, -0.1) is 0 Å². The van der Waals surface area contributed by atoms with E-state index in [0.29, 0.717) is 0 Å². The van der Waals surface area contributed by atoms with Crippen LogP contribution in [0, 0.1) is 0 Å². The van der Waals surface area contributed by atoms with Gasteiger partial charge in [0, 0.05) is 6.92 Å². The molecule has 3 heteroatoms. The number of esters is 1. The third kappa shape index (κ3) is 10.7. The normalized spacial score (nSPS) is 5.86. The fourth-order valence-corrected chi connectivity index (χ4v) is 0.117. The molecular formula is C4H6NiO2+2. The van der Waals surface area contributed by atoms with Crippen LogP contribution in [0.1, 0.15) is 6.92 Å². The summed E-state index contributed by atoms with van der Waals surface area (Å²) in [6.07, 6.45) is 1.10. The van der Waals surface area contributed by atoms with Gasteiger partial charge in [-0.2, -0.15) is 0 Å². The van der Waals surface area contributed by atoms with E-state index in [1.54, 1.807) is 0 Å². The molecular weight excluding hydrogens is 139 g/mol. The smallest absolute Gasteiger partial charge is 0.435 e. The van der Waals surface area contributed by atoms with Gasteiger partial charge >= 0.3 is 22.5 Å². The number of carbonyl (C=O) groups is 1. The van der Waals surface area contributed by atoms with Gasteiger partial charge in [-0.25, -0.2) is 0 Å². The van der Waals surface area contributed by atoms with Crippen molar-refractivity contribution in [3.05, 3.63) is 12.8 Å². The Bertz CT molecular complexity index is 70.1. The first-order valence-corrected chi connectivity index (χ1v) is 1.55. The molecule has 0 aliphatic carbocycles. The van der Waals surface area contributed by atoms with Gasteiger partial charge in [-0.3, -0.25) is 4.79 Å². The summed E-state index contributed by atoms with van der Waals surface area (Å²) >= 11 is 0. The summed E-state index contributed by atoms with van der Waals surface area (Å²) in [5, 5.41) is 0. The second-order valence-electron chi connectivity index (χ2n) is 0.776. The maximum absolute atomic E-state index is 9.75. The summed E-state index contributed by atoms with van der Waals surface area (Å²) in [4.78, 5) is 9.75. The summed E-state index contributed by atoms with van der Waals surface area (Å²) in [5.41, 5.74) is 0. The van der Waals surface area contributed by atoms with Gasteiger partial charge in [-0.05, 0) is 0 Å². The first-order valence-electron chi connectivity index (χ1n) is 1.55. The standard InChI is InChI=1S/C4H6O2.Ni/c1-3-6-4(2)5;/h3H,1H2,2H3;/q;+2. The Hall–Kier alpha value is -0.296. The predicted molar refractivity (Wildman–Crippen MR) is 22.0 cm³/mol. The third-order valence-corrected chi connectivity index (χ3v) is 0.249. The van der Waals surface area contributed by atoms with Gasteiger partial charge in [0.15, 0.2) is 0 Å². The third-order valence-electron chi connectivity index (χ3n) is 0.249. The van der Waals surface area contributed by atoms with Crippen molar-refractivity contribution in [2.24, 2.45) is 0 Å². The van der Waals surface area contributed by atoms with Crippen molar-refractivity contribution in [3.8, 4) is 0 Å². The van der Waals surface area contributed by atoms with Crippen LogP contribution >= 0.6 is 0 Å². The van der Waals surface area contributed by atoms with E-state index in [9.17, 15) is 4.79 Å². The molecule has 0 aromatic heterocycles. The van der Waals surface area contributed by atoms with Crippen LogP contribution in [0.5, 0.6) is 0 Å². The average Bonchev–Trinajstić information content (AvgIpc) is 1.35. The molecule has 0 heterocycles. The first kappa shape index (κ1) is 9.86. The second-order valence-corrected chi connectivity index (χ2v) is 0.776. The van der Waals surface area contributed by atoms with Crippen molar-refractivity contribution in [3.63, 3.8) is 0 Å². The molecule has 0 rings (SSSR count). The van der Waals surface area contributed by atoms with Crippen molar-refractivity contribution in [1.82, 2.24) is 0 Å². The van der Waals surface area contributed by atoms with E-state index in [2.05, 4.69) is 11.3 Å². The Labute approximate surface area is 52.5 Å². The van der Waals surface area contributed by atoms with E-state index in [4.69, 9.17) is 0 Å². The van der Waals surface area contributed by atoms with Gasteiger partial charge < -0.3 is 4.74 Å². The minimum Gasteiger partial charge on any atom is -0.435 e. The summed E-state index contributed by atoms with van der Waals surface area (Å²) in [6.45, 7) is 4.48. The van der Waals surface area contributed by atoms with Crippen LogP contribution in [0.3, 0.4) is 0 Å². The zero-order chi connectivity index (χ0) is 4.99. The maximum atomic E-state index is 9.75. The van der Waals surface area contributed by atoms with E-state index in [0.717, 1.165) is 6.26 Å². The maximum Gasteiger partial charge on any atom is 2.00 e. The number of hydrogen-bond acceptors (Lipinski definition) is 2. The van der Waals surface area contributed by atoms with E-state index in [1.165, 1.54) is 6.92 Å². The van der Waals surface area contributed by atoms with Gasteiger partial charge in [0.1, 0.15) is 0 Å². The first-order chi connectivity index (χ1) is 2.77. The fourth-order valence-electron chi connectivity index (χ4n) is 0.117. The van der Waals surface area contributed by atoms with Gasteiger partial charge in [0.05, 0.1) is 6.26 Å². The van der Waals surface area contributed by atoms with Crippen LogP contribution in [0.2, 0.25) is 0 Å². The molecule has 0 saturated heterocycles. The predicted octanol–water partition coefficient (Wildman–Crippen LogP) is 0.690. The van der Waals surface area contributed by atoms with E-state index >= 15 is 0 Å². The number of hydrogen-bond donors (Lipinski definition) is 0. The molecule has 0 amide bonds. The van der Waals surface area contributed by atoms with Crippen molar-refractivity contribution < 1.29 is 26.0 Å². The Morgan fingerprint density at radius 2 is 2.29 bits per heavy atom.